The number of nitro groups is 1. The molecular weight excluding hydrogens is 250 g/mol. The molecule has 19 heavy (non-hydrogen) atoms. The predicted molar refractivity (Wildman–Crippen MR) is 68.5 cm³/mol. The van der Waals surface area contributed by atoms with E-state index >= 15 is 0 Å². The second kappa shape index (κ2) is 5.83. The van der Waals surface area contributed by atoms with Crippen molar-refractivity contribution in [3.8, 4) is 0 Å². The summed E-state index contributed by atoms with van der Waals surface area (Å²) in [5.74, 6) is 0.257. The van der Waals surface area contributed by atoms with E-state index < -0.39 is 4.92 Å². The van der Waals surface area contributed by atoms with Gasteiger partial charge in [-0.05, 0) is 19.3 Å². The monoisotopic (exact) mass is 267 g/mol. The van der Waals surface area contributed by atoms with E-state index in [1.165, 1.54) is 12.1 Å². The molecule has 104 valence electrons. The molecule has 0 unspecified atom stereocenters. The molecule has 2 rings (SSSR count). The van der Waals surface area contributed by atoms with Gasteiger partial charge >= 0.3 is 0 Å². The predicted octanol–water partition coefficient (Wildman–Crippen LogP) is 1.19. The van der Waals surface area contributed by atoms with Crippen LogP contribution in [0.3, 0.4) is 0 Å². The van der Waals surface area contributed by atoms with Crippen LogP contribution in [0.4, 0.5) is 11.5 Å². The van der Waals surface area contributed by atoms with Crippen molar-refractivity contribution in [2.24, 2.45) is 5.92 Å². The molecule has 0 saturated heterocycles. The van der Waals surface area contributed by atoms with Crippen LogP contribution in [0.5, 0.6) is 0 Å². The lowest BCUT2D eigenvalue weighted by molar-refractivity contribution is -0.591. The zero-order chi connectivity index (χ0) is 13.8. The van der Waals surface area contributed by atoms with Gasteiger partial charge in [0.2, 0.25) is 0 Å². The van der Waals surface area contributed by atoms with Gasteiger partial charge in [0.1, 0.15) is 12.3 Å². The summed E-state index contributed by atoms with van der Waals surface area (Å²) in [5.41, 5.74) is -0.119. The molecule has 0 radical (unpaired) electrons. The Balaban J connectivity index is 2.17. The van der Waals surface area contributed by atoms with Crippen molar-refractivity contribution >= 4 is 11.5 Å². The van der Waals surface area contributed by atoms with Gasteiger partial charge in [-0.3, -0.25) is 15.4 Å². The Morgan fingerprint density at radius 1 is 1.47 bits per heavy atom. The Morgan fingerprint density at radius 2 is 2.21 bits per heavy atom. The minimum Gasteiger partial charge on any atom is -0.711 e. The summed E-state index contributed by atoms with van der Waals surface area (Å²) in [6.07, 6.45) is 4.98. The first-order valence-corrected chi connectivity index (χ1v) is 6.37. The number of nitrogens with one attached hydrogen (secondary N) is 1. The van der Waals surface area contributed by atoms with Crippen LogP contribution < -0.4 is 10.0 Å². The van der Waals surface area contributed by atoms with Crippen molar-refractivity contribution in [3.05, 3.63) is 33.7 Å². The largest absolute Gasteiger partial charge is 0.711 e. The summed E-state index contributed by atoms with van der Waals surface area (Å²) >= 11 is 0. The molecule has 7 nitrogen and oxygen atoms in total. The lowest BCUT2D eigenvalue weighted by Gasteiger charge is -2.28. The fraction of sp³-hybridized carbons (Fsp3) is 0.583. The minimum atomic E-state index is -0.532. The van der Waals surface area contributed by atoms with Crippen LogP contribution in [0.25, 0.3) is 0 Å². The maximum atomic E-state index is 11.6. The topological polar surface area (TPSA) is 102 Å². The first-order chi connectivity index (χ1) is 9.11. The van der Waals surface area contributed by atoms with Crippen molar-refractivity contribution in [3.63, 3.8) is 0 Å². The Bertz CT molecular complexity index is 466. The highest BCUT2D eigenvalue weighted by molar-refractivity contribution is 5.41. The molecule has 1 heterocycles. The molecule has 0 amide bonds. The van der Waals surface area contributed by atoms with Gasteiger partial charge in [-0.15, -0.1) is 0 Å². The number of nitrogens with zero attached hydrogens (tertiary/aromatic N) is 2. The molecular formula is C12H17N3O4. The summed E-state index contributed by atoms with van der Waals surface area (Å²) in [4.78, 5) is 10.2. The quantitative estimate of drug-likeness (QED) is 0.369. The van der Waals surface area contributed by atoms with Crippen LogP contribution >= 0.6 is 0 Å². The third kappa shape index (κ3) is 3.11. The molecule has 1 aromatic heterocycles. The number of aromatic nitrogens is 1. The number of aliphatic hydroxyl groups is 1. The molecule has 0 bridgehead atoms. The van der Waals surface area contributed by atoms with Crippen LogP contribution in [-0.4, -0.2) is 22.7 Å². The number of rotatable bonds is 4. The summed E-state index contributed by atoms with van der Waals surface area (Å²) in [6.45, 7) is 0.0610. The van der Waals surface area contributed by atoms with Crippen LogP contribution in [0, 0.1) is 21.2 Å². The maximum absolute atomic E-state index is 11.6. The second-order valence-electron chi connectivity index (χ2n) is 4.83. The van der Waals surface area contributed by atoms with E-state index in [4.69, 9.17) is 0 Å². The van der Waals surface area contributed by atoms with Crippen LogP contribution in [0.15, 0.2) is 18.3 Å². The lowest BCUT2D eigenvalue weighted by atomic mass is 9.85. The molecule has 1 saturated carbocycles. The van der Waals surface area contributed by atoms with Crippen molar-refractivity contribution in [1.29, 1.82) is 0 Å². The van der Waals surface area contributed by atoms with Crippen molar-refractivity contribution in [1.82, 2.24) is 0 Å². The van der Waals surface area contributed by atoms with Crippen molar-refractivity contribution in [2.75, 3.05) is 11.9 Å². The van der Waals surface area contributed by atoms with Gasteiger partial charge in [-0.1, -0.05) is 6.42 Å². The highest BCUT2D eigenvalue weighted by atomic mass is 16.6. The number of aliphatic hydroxyl groups excluding tert-OH is 1. The fourth-order valence-corrected chi connectivity index (χ4v) is 2.50. The van der Waals surface area contributed by atoms with E-state index in [9.17, 15) is 20.4 Å². The van der Waals surface area contributed by atoms with Crippen LogP contribution in [0.2, 0.25) is 0 Å². The molecule has 1 aliphatic rings. The SMILES string of the molecule is O=[N+]([O-])c1cc[n+]([O-])c(N[C@@H]2CCCC[C@H]2CO)c1. The summed E-state index contributed by atoms with van der Waals surface area (Å²) in [5, 5.41) is 34.7. The molecule has 7 heteroatoms. The van der Waals surface area contributed by atoms with E-state index in [1.807, 2.05) is 0 Å². The number of hydrogen-bond donors (Lipinski definition) is 2. The van der Waals surface area contributed by atoms with Gasteiger partial charge in [0, 0.05) is 12.5 Å². The van der Waals surface area contributed by atoms with E-state index in [0.29, 0.717) is 4.73 Å². The van der Waals surface area contributed by atoms with Gasteiger partial charge in [0.15, 0.2) is 0 Å². The zero-order valence-electron chi connectivity index (χ0n) is 10.5. The molecule has 2 N–H and O–H groups in total. The van der Waals surface area contributed by atoms with Gasteiger partial charge in [-0.2, -0.15) is 0 Å². The highest BCUT2D eigenvalue weighted by Gasteiger charge is 2.29. The fourth-order valence-electron chi connectivity index (χ4n) is 2.50. The Labute approximate surface area is 110 Å². The summed E-state index contributed by atoms with van der Waals surface area (Å²) < 4.78 is 0.579. The average molecular weight is 267 g/mol. The Morgan fingerprint density at radius 3 is 2.89 bits per heavy atom. The van der Waals surface area contributed by atoms with Gasteiger partial charge < -0.3 is 10.3 Å². The highest BCUT2D eigenvalue weighted by Crippen LogP contribution is 2.26. The smallest absolute Gasteiger partial charge is 0.284 e. The van der Waals surface area contributed by atoms with Crippen molar-refractivity contribution in [2.45, 2.75) is 31.7 Å². The van der Waals surface area contributed by atoms with E-state index in [-0.39, 0.29) is 30.1 Å². The maximum Gasteiger partial charge on any atom is 0.284 e. The number of hydrogen-bond acceptors (Lipinski definition) is 5. The van der Waals surface area contributed by atoms with Gasteiger partial charge in [0.05, 0.1) is 17.0 Å². The molecule has 0 aliphatic heterocycles. The number of pyridine rings is 1. The number of anilines is 1. The Kier molecular flexibility index (Phi) is 4.16. The molecule has 1 aromatic rings. The first-order valence-electron chi connectivity index (χ1n) is 6.37. The van der Waals surface area contributed by atoms with Crippen molar-refractivity contribution < 1.29 is 14.8 Å². The summed E-state index contributed by atoms with van der Waals surface area (Å²) in [6, 6.07) is 2.39. The van der Waals surface area contributed by atoms with Crippen LogP contribution in [0.1, 0.15) is 25.7 Å². The summed E-state index contributed by atoms with van der Waals surface area (Å²) in [7, 11) is 0. The van der Waals surface area contributed by atoms with Gasteiger partial charge in [-0.25, -0.2) is 4.73 Å². The van der Waals surface area contributed by atoms with Gasteiger partial charge in [0.25, 0.3) is 11.5 Å². The third-order valence-electron chi connectivity index (χ3n) is 3.59. The van der Waals surface area contributed by atoms with E-state index in [1.54, 1.807) is 0 Å². The lowest BCUT2D eigenvalue weighted by Crippen LogP contribution is -2.39. The average Bonchev–Trinajstić information content (AvgIpc) is 2.41. The third-order valence-corrected chi connectivity index (χ3v) is 3.59. The van der Waals surface area contributed by atoms with Crippen LogP contribution in [-0.2, 0) is 0 Å². The zero-order valence-corrected chi connectivity index (χ0v) is 10.5. The van der Waals surface area contributed by atoms with E-state index in [2.05, 4.69) is 5.32 Å². The second-order valence-corrected chi connectivity index (χ2v) is 4.83. The Hall–Kier alpha value is -1.89. The molecule has 2 atom stereocenters. The molecule has 1 fully saturated rings. The standard InChI is InChI=1S/C12H17N3O4/c16-8-9-3-1-2-4-11(9)13-12-7-10(15(18)19)5-6-14(12)17/h5-7,9,11,13,16H,1-4,8H2/t9-,11+/m0/s1. The molecule has 1 aliphatic carbocycles. The normalized spacial score (nSPS) is 23.0. The molecule has 0 aromatic carbocycles. The van der Waals surface area contributed by atoms with E-state index in [0.717, 1.165) is 31.9 Å². The minimum absolute atomic E-state index is 0.0130. The first kappa shape index (κ1) is 13.5. The molecule has 0 spiro atoms.